The van der Waals surface area contributed by atoms with Gasteiger partial charge in [0.2, 0.25) is 0 Å². The fraction of sp³-hybridized carbons (Fsp3) is 0.333. The van der Waals surface area contributed by atoms with Crippen molar-refractivity contribution in [2.24, 2.45) is 0 Å². The minimum atomic E-state index is -0.483. The van der Waals surface area contributed by atoms with E-state index in [1.165, 1.54) is 5.56 Å². The van der Waals surface area contributed by atoms with Gasteiger partial charge in [-0.2, -0.15) is 0 Å². The van der Waals surface area contributed by atoms with Gasteiger partial charge in [-0.15, -0.1) is 12.4 Å². The van der Waals surface area contributed by atoms with Crippen LogP contribution in [0.15, 0.2) is 54.6 Å². The van der Waals surface area contributed by atoms with Crippen molar-refractivity contribution in [1.82, 2.24) is 5.32 Å². The molecule has 2 aromatic carbocycles. The highest BCUT2D eigenvalue weighted by Crippen LogP contribution is 2.28. The lowest BCUT2D eigenvalue weighted by molar-refractivity contribution is 0.142. The van der Waals surface area contributed by atoms with Gasteiger partial charge in [-0.3, -0.25) is 0 Å². The van der Waals surface area contributed by atoms with Gasteiger partial charge in [-0.1, -0.05) is 48.0 Å². The molecule has 0 saturated heterocycles. The van der Waals surface area contributed by atoms with E-state index >= 15 is 0 Å². The first kappa shape index (κ1) is 18.5. The second-order valence-corrected chi connectivity index (χ2v) is 5.43. The van der Waals surface area contributed by atoms with Crippen molar-refractivity contribution in [3.8, 4) is 0 Å². The Hall–Kier alpha value is -1.55. The Morgan fingerprint density at radius 2 is 1.64 bits per heavy atom. The molecule has 2 atom stereocenters. The van der Waals surface area contributed by atoms with E-state index in [1.807, 2.05) is 32.3 Å². The largest absolute Gasteiger partial charge is 0.389 e. The zero-order valence-corrected chi connectivity index (χ0v) is 14.2. The molecule has 4 heteroatoms. The number of likely N-dealkylation sites (N-methyl/N-ethyl adjacent to an activating group) is 2. The zero-order chi connectivity index (χ0) is 15.2. The second-order valence-electron chi connectivity index (χ2n) is 5.43. The van der Waals surface area contributed by atoms with Crippen molar-refractivity contribution < 1.29 is 5.11 Å². The molecule has 2 unspecified atom stereocenters. The molecule has 0 fully saturated rings. The molecule has 22 heavy (non-hydrogen) atoms. The summed E-state index contributed by atoms with van der Waals surface area (Å²) in [5, 5.41) is 13.6. The van der Waals surface area contributed by atoms with E-state index in [2.05, 4.69) is 53.5 Å². The molecule has 2 aromatic rings. The third-order valence-corrected chi connectivity index (χ3v) is 3.78. The van der Waals surface area contributed by atoms with Gasteiger partial charge in [0.1, 0.15) is 0 Å². The lowest BCUT2D eigenvalue weighted by atomic mass is 9.99. The monoisotopic (exact) mass is 320 g/mol. The Kier molecular flexibility index (Phi) is 7.39. The molecule has 0 saturated carbocycles. The summed E-state index contributed by atoms with van der Waals surface area (Å²) < 4.78 is 0. The van der Waals surface area contributed by atoms with Gasteiger partial charge < -0.3 is 15.3 Å². The van der Waals surface area contributed by atoms with E-state index in [1.54, 1.807) is 0 Å². The second kappa shape index (κ2) is 8.79. The van der Waals surface area contributed by atoms with Crippen LogP contribution in [0.4, 0.5) is 5.69 Å². The van der Waals surface area contributed by atoms with Crippen LogP contribution in [0, 0.1) is 6.92 Å². The molecule has 2 N–H and O–H groups in total. The average molecular weight is 321 g/mol. The van der Waals surface area contributed by atoms with Gasteiger partial charge in [-0.25, -0.2) is 0 Å². The van der Waals surface area contributed by atoms with E-state index < -0.39 is 6.10 Å². The number of rotatable bonds is 6. The SMILES string of the molecule is CNCC(O)C(c1ccccc1)N(C)c1ccc(C)cc1.Cl. The molecule has 0 aliphatic rings. The van der Waals surface area contributed by atoms with E-state index in [0.717, 1.165) is 11.3 Å². The van der Waals surface area contributed by atoms with Gasteiger partial charge in [0.15, 0.2) is 0 Å². The Morgan fingerprint density at radius 3 is 2.18 bits per heavy atom. The lowest BCUT2D eigenvalue weighted by Gasteiger charge is -2.34. The number of aliphatic hydroxyl groups excluding tert-OH is 1. The Labute approximate surface area is 139 Å². The van der Waals surface area contributed by atoms with Gasteiger partial charge in [0, 0.05) is 19.3 Å². The maximum Gasteiger partial charge on any atom is 0.0909 e. The summed E-state index contributed by atoms with van der Waals surface area (Å²) in [4.78, 5) is 2.14. The standard InChI is InChI=1S/C18H24N2O.ClH/c1-14-9-11-16(12-10-14)20(3)18(17(21)13-19-2)15-7-5-4-6-8-15;/h4-12,17-19,21H,13H2,1-3H3;1H. The molecule has 2 rings (SSSR count). The zero-order valence-electron chi connectivity index (χ0n) is 13.4. The molecule has 0 aliphatic carbocycles. The number of nitrogens with zero attached hydrogens (tertiary/aromatic N) is 1. The first-order valence-corrected chi connectivity index (χ1v) is 7.30. The van der Waals surface area contributed by atoms with Gasteiger partial charge in [0.25, 0.3) is 0 Å². The van der Waals surface area contributed by atoms with E-state index in [4.69, 9.17) is 0 Å². The smallest absolute Gasteiger partial charge is 0.0909 e. The Morgan fingerprint density at radius 1 is 1.05 bits per heavy atom. The van der Waals surface area contributed by atoms with Crippen molar-refractivity contribution in [1.29, 1.82) is 0 Å². The van der Waals surface area contributed by atoms with Crippen molar-refractivity contribution in [2.45, 2.75) is 19.1 Å². The normalized spacial score (nSPS) is 13.1. The first-order chi connectivity index (χ1) is 10.1. The number of hydrogen-bond acceptors (Lipinski definition) is 3. The molecule has 0 aromatic heterocycles. The summed E-state index contributed by atoms with van der Waals surface area (Å²) in [5.74, 6) is 0. The Balaban J connectivity index is 0.00000242. The number of halogens is 1. The van der Waals surface area contributed by atoms with Crippen LogP contribution in [-0.2, 0) is 0 Å². The number of nitrogens with one attached hydrogen (secondary N) is 1. The van der Waals surface area contributed by atoms with Crippen LogP contribution < -0.4 is 10.2 Å². The molecular weight excluding hydrogens is 296 g/mol. The molecule has 0 spiro atoms. The summed E-state index contributed by atoms with van der Waals surface area (Å²) in [6.07, 6.45) is -0.483. The van der Waals surface area contributed by atoms with E-state index in [9.17, 15) is 5.11 Å². The number of aliphatic hydroxyl groups is 1. The van der Waals surface area contributed by atoms with Crippen LogP contribution in [0.25, 0.3) is 0 Å². The summed E-state index contributed by atoms with van der Waals surface area (Å²) >= 11 is 0. The Bertz CT molecular complexity index is 545. The molecule has 0 radical (unpaired) electrons. The topological polar surface area (TPSA) is 35.5 Å². The minimum absolute atomic E-state index is 0. The molecule has 120 valence electrons. The van der Waals surface area contributed by atoms with Crippen LogP contribution in [0.5, 0.6) is 0 Å². The highest BCUT2D eigenvalue weighted by molar-refractivity contribution is 5.85. The summed E-state index contributed by atoms with van der Waals surface area (Å²) in [5.41, 5.74) is 3.45. The van der Waals surface area contributed by atoms with Gasteiger partial charge in [0.05, 0.1) is 12.1 Å². The third-order valence-electron chi connectivity index (χ3n) is 3.78. The maximum absolute atomic E-state index is 10.5. The molecule has 0 bridgehead atoms. The highest BCUT2D eigenvalue weighted by Gasteiger charge is 2.25. The number of hydrogen-bond donors (Lipinski definition) is 2. The number of aryl methyl sites for hydroxylation is 1. The van der Waals surface area contributed by atoms with Gasteiger partial charge in [-0.05, 0) is 31.7 Å². The summed E-state index contributed by atoms with van der Waals surface area (Å²) in [6.45, 7) is 2.63. The van der Waals surface area contributed by atoms with Crippen molar-refractivity contribution in [3.63, 3.8) is 0 Å². The van der Waals surface area contributed by atoms with Crippen LogP contribution >= 0.6 is 12.4 Å². The van der Waals surface area contributed by atoms with Gasteiger partial charge >= 0.3 is 0 Å². The van der Waals surface area contributed by atoms with E-state index in [0.29, 0.717) is 6.54 Å². The van der Waals surface area contributed by atoms with Crippen molar-refractivity contribution in [2.75, 3.05) is 25.5 Å². The van der Waals surface area contributed by atoms with Crippen LogP contribution in [0.3, 0.4) is 0 Å². The van der Waals surface area contributed by atoms with Crippen molar-refractivity contribution in [3.05, 3.63) is 65.7 Å². The van der Waals surface area contributed by atoms with Crippen LogP contribution in [0.1, 0.15) is 17.2 Å². The lowest BCUT2D eigenvalue weighted by Crippen LogP contribution is -2.39. The van der Waals surface area contributed by atoms with Crippen LogP contribution in [-0.4, -0.2) is 31.9 Å². The molecular formula is C18H25ClN2O. The molecule has 3 nitrogen and oxygen atoms in total. The van der Waals surface area contributed by atoms with Crippen molar-refractivity contribution >= 4 is 18.1 Å². The molecule has 0 aliphatic heterocycles. The average Bonchev–Trinajstić information content (AvgIpc) is 2.49. The van der Waals surface area contributed by atoms with E-state index in [-0.39, 0.29) is 18.4 Å². The fourth-order valence-electron chi connectivity index (χ4n) is 2.62. The highest BCUT2D eigenvalue weighted by atomic mass is 35.5. The number of anilines is 1. The third kappa shape index (κ3) is 4.47. The van der Waals surface area contributed by atoms with Crippen LogP contribution in [0.2, 0.25) is 0 Å². The predicted molar refractivity (Wildman–Crippen MR) is 95.9 cm³/mol. The predicted octanol–water partition coefficient (Wildman–Crippen LogP) is 3.17. The number of benzene rings is 2. The summed E-state index contributed by atoms with van der Waals surface area (Å²) in [7, 11) is 3.89. The molecule has 0 heterocycles. The summed E-state index contributed by atoms with van der Waals surface area (Å²) in [6, 6.07) is 18.4. The molecule has 0 amide bonds. The minimum Gasteiger partial charge on any atom is -0.389 e. The quantitative estimate of drug-likeness (QED) is 0.858. The first-order valence-electron chi connectivity index (χ1n) is 7.30. The maximum atomic E-state index is 10.5. The fourth-order valence-corrected chi connectivity index (χ4v) is 2.62.